The first-order chi connectivity index (χ1) is 18.5. The molecule has 0 spiro atoms. The molecule has 0 fully saturated rings. The first-order valence-corrected chi connectivity index (χ1v) is 12.0. The summed E-state index contributed by atoms with van der Waals surface area (Å²) in [6, 6.07) is 13.8. The SMILES string of the molecule is COCCn1cnnc1C(C)NC(=O)c1ccc2nc(-c3cc(-c4cccnc4OC)ccc3O)[nH]c2c1. The number of nitrogens with zero attached hydrogens (tertiary/aromatic N) is 5. The molecule has 11 heteroatoms. The number of H-pyrrole nitrogens is 1. The molecule has 1 amide bonds. The summed E-state index contributed by atoms with van der Waals surface area (Å²) in [6.07, 6.45) is 3.27. The van der Waals surface area contributed by atoms with Gasteiger partial charge in [0, 0.05) is 31.0 Å². The molecule has 1 atom stereocenters. The third kappa shape index (κ3) is 4.91. The van der Waals surface area contributed by atoms with E-state index in [0.29, 0.717) is 52.8 Å². The van der Waals surface area contributed by atoms with Crippen molar-refractivity contribution in [2.75, 3.05) is 20.8 Å². The van der Waals surface area contributed by atoms with Crippen LogP contribution in [-0.2, 0) is 11.3 Å². The van der Waals surface area contributed by atoms with E-state index >= 15 is 0 Å². The number of fused-ring (bicyclic) bond motifs is 1. The number of amides is 1. The van der Waals surface area contributed by atoms with Gasteiger partial charge < -0.3 is 29.4 Å². The van der Waals surface area contributed by atoms with Gasteiger partial charge in [-0.15, -0.1) is 10.2 Å². The molecule has 0 aliphatic carbocycles. The standard InChI is InChI=1S/C27H27N7O4/c1-16(25-33-29-15-34(25)11-12-37-2)30-26(36)18-6-8-21-22(14-18)32-24(31-21)20-13-17(7-9-23(20)35)19-5-4-10-28-27(19)38-3/h4-10,13-16,35H,11-12H2,1-3H3,(H,30,36)(H,31,32). The number of aromatic hydroxyl groups is 1. The van der Waals surface area contributed by atoms with Gasteiger partial charge in [0.1, 0.15) is 17.9 Å². The van der Waals surface area contributed by atoms with Crippen molar-refractivity contribution in [3.8, 4) is 34.1 Å². The van der Waals surface area contributed by atoms with Gasteiger partial charge in [-0.05, 0) is 55.0 Å². The Morgan fingerprint density at radius 2 is 2.03 bits per heavy atom. The van der Waals surface area contributed by atoms with Crippen LogP contribution in [0.5, 0.6) is 11.6 Å². The quantitative estimate of drug-likeness (QED) is 0.271. The van der Waals surface area contributed by atoms with Crippen molar-refractivity contribution in [2.24, 2.45) is 0 Å². The van der Waals surface area contributed by atoms with E-state index in [0.717, 1.165) is 11.1 Å². The van der Waals surface area contributed by atoms with Crippen molar-refractivity contribution in [3.63, 3.8) is 0 Å². The van der Waals surface area contributed by atoms with Gasteiger partial charge >= 0.3 is 0 Å². The predicted octanol–water partition coefficient (Wildman–Crippen LogP) is 3.74. The van der Waals surface area contributed by atoms with Crippen molar-refractivity contribution in [1.82, 2.24) is 35.0 Å². The Morgan fingerprint density at radius 3 is 2.84 bits per heavy atom. The number of hydrogen-bond acceptors (Lipinski definition) is 8. The maximum absolute atomic E-state index is 13.0. The second kappa shape index (κ2) is 10.7. The lowest BCUT2D eigenvalue weighted by atomic mass is 10.0. The number of benzene rings is 2. The summed E-state index contributed by atoms with van der Waals surface area (Å²) in [6.45, 7) is 2.95. The first kappa shape index (κ1) is 24.9. The summed E-state index contributed by atoms with van der Waals surface area (Å²) in [7, 11) is 3.19. The number of aromatic nitrogens is 6. The zero-order valence-corrected chi connectivity index (χ0v) is 21.2. The largest absolute Gasteiger partial charge is 0.507 e. The minimum absolute atomic E-state index is 0.0695. The number of ether oxygens (including phenoxy) is 2. The lowest BCUT2D eigenvalue weighted by Gasteiger charge is -2.14. The highest BCUT2D eigenvalue weighted by molar-refractivity contribution is 5.98. The van der Waals surface area contributed by atoms with Crippen LogP contribution in [0.25, 0.3) is 33.5 Å². The van der Waals surface area contributed by atoms with Crippen molar-refractivity contribution >= 4 is 16.9 Å². The fraction of sp³-hybridized carbons (Fsp3) is 0.222. The van der Waals surface area contributed by atoms with Crippen molar-refractivity contribution in [2.45, 2.75) is 19.5 Å². The van der Waals surface area contributed by atoms with Crippen molar-refractivity contribution in [1.29, 1.82) is 0 Å². The molecular formula is C27H27N7O4. The Labute approximate surface area is 218 Å². The minimum Gasteiger partial charge on any atom is -0.507 e. The maximum Gasteiger partial charge on any atom is 0.251 e. The molecule has 2 aromatic carbocycles. The molecule has 0 radical (unpaired) electrons. The second-order valence-electron chi connectivity index (χ2n) is 8.68. The molecule has 3 aromatic heterocycles. The van der Waals surface area contributed by atoms with Crippen LogP contribution in [0.1, 0.15) is 29.1 Å². The minimum atomic E-state index is -0.362. The average Bonchev–Trinajstić information content (AvgIpc) is 3.58. The molecule has 3 heterocycles. The number of imidazole rings is 1. The van der Waals surface area contributed by atoms with Crippen LogP contribution in [0.2, 0.25) is 0 Å². The summed E-state index contributed by atoms with van der Waals surface area (Å²) < 4.78 is 12.4. The molecule has 0 aliphatic rings. The van der Waals surface area contributed by atoms with E-state index in [1.54, 1.807) is 57.1 Å². The van der Waals surface area contributed by atoms with E-state index in [1.807, 2.05) is 29.7 Å². The van der Waals surface area contributed by atoms with Gasteiger partial charge in [-0.2, -0.15) is 0 Å². The fourth-order valence-corrected chi connectivity index (χ4v) is 4.25. The number of phenolic OH excluding ortho intramolecular Hbond substituents is 1. The summed E-state index contributed by atoms with van der Waals surface area (Å²) in [4.78, 5) is 25.1. The number of hydrogen-bond donors (Lipinski definition) is 3. The molecule has 194 valence electrons. The molecular weight excluding hydrogens is 486 g/mol. The zero-order chi connectivity index (χ0) is 26.6. The van der Waals surface area contributed by atoms with E-state index in [2.05, 4.69) is 30.5 Å². The lowest BCUT2D eigenvalue weighted by molar-refractivity contribution is 0.0937. The molecule has 0 saturated carbocycles. The summed E-state index contributed by atoms with van der Waals surface area (Å²) in [5.74, 6) is 1.40. The Balaban J connectivity index is 1.40. The van der Waals surface area contributed by atoms with Crippen LogP contribution >= 0.6 is 0 Å². The monoisotopic (exact) mass is 513 g/mol. The highest BCUT2D eigenvalue weighted by Gasteiger charge is 2.18. The number of methoxy groups -OCH3 is 2. The number of nitrogens with one attached hydrogen (secondary N) is 2. The molecule has 5 rings (SSSR count). The van der Waals surface area contributed by atoms with Gasteiger partial charge in [0.05, 0.1) is 36.4 Å². The Morgan fingerprint density at radius 1 is 1.16 bits per heavy atom. The maximum atomic E-state index is 13.0. The Hall–Kier alpha value is -4.77. The molecule has 11 nitrogen and oxygen atoms in total. The number of aromatic amines is 1. The number of phenols is 1. The number of carbonyl (C=O) groups is 1. The molecule has 1 unspecified atom stereocenters. The van der Waals surface area contributed by atoms with Gasteiger partial charge in [-0.1, -0.05) is 6.07 Å². The van der Waals surface area contributed by atoms with Gasteiger partial charge in [0.15, 0.2) is 5.82 Å². The van der Waals surface area contributed by atoms with Crippen LogP contribution in [-0.4, -0.2) is 61.6 Å². The Kier molecular flexibility index (Phi) is 7.00. The van der Waals surface area contributed by atoms with Crippen LogP contribution < -0.4 is 10.1 Å². The number of rotatable bonds is 9. The third-order valence-corrected chi connectivity index (χ3v) is 6.19. The third-order valence-electron chi connectivity index (χ3n) is 6.19. The van der Waals surface area contributed by atoms with Crippen LogP contribution in [0.3, 0.4) is 0 Å². The predicted molar refractivity (Wildman–Crippen MR) is 141 cm³/mol. The van der Waals surface area contributed by atoms with Crippen molar-refractivity contribution in [3.05, 3.63) is 72.4 Å². The van der Waals surface area contributed by atoms with E-state index in [-0.39, 0.29) is 17.7 Å². The highest BCUT2D eigenvalue weighted by atomic mass is 16.5. The smallest absolute Gasteiger partial charge is 0.251 e. The lowest BCUT2D eigenvalue weighted by Crippen LogP contribution is -2.29. The van der Waals surface area contributed by atoms with Crippen LogP contribution in [0.15, 0.2) is 61.1 Å². The van der Waals surface area contributed by atoms with Gasteiger partial charge in [0.25, 0.3) is 5.91 Å². The van der Waals surface area contributed by atoms with Crippen LogP contribution in [0.4, 0.5) is 0 Å². The normalized spacial score (nSPS) is 12.0. The molecule has 0 bridgehead atoms. The average molecular weight is 514 g/mol. The molecule has 0 saturated heterocycles. The first-order valence-electron chi connectivity index (χ1n) is 12.0. The summed E-state index contributed by atoms with van der Waals surface area (Å²) in [5.41, 5.74) is 3.90. The van der Waals surface area contributed by atoms with Gasteiger partial charge in [-0.3, -0.25) is 4.79 Å². The molecule has 3 N–H and O–H groups in total. The summed E-state index contributed by atoms with van der Waals surface area (Å²) in [5, 5.41) is 21.7. The molecule has 38 heavy (non-hydrogen) atoms. The second-order valence-corrected chi connectivity index (χ2v) is 8.68. The number of carbonyl (C=O) groups excluding carboxylic acids is 1. The van der Waals surface area contributed by atoms with E-state index < -0.39 is 0 Å². The fourth-order valence-electron chi connectivity index (χ4n) is 4.25. The van der Waals surface area contributed by atoms with Crippen LogP contribution in [0, 0.1) is 0 Å². The van der Waals surface area contributed by atoms with E-state index in [9.17, 15) is 9.90 Å². The van der Waals surface area contributed by atoms with Crippen molar-refractivity contribution < 1.29 is 19.4 Å². The number of pyridine rings is 1. The zero-order valence-electron chi connectivity index (χ0n) is 21.2. The highest BCUT2D eigenvalue weighted by Crippen LogP contribution is 2.35. The Bertz CT molecular complexity index is 1590. The topological polar surface area (TPSA) is 140 Å². The molecule has 0 aliphatic heterocycles. The van der Waals surface area contributed by atoms with E-state index in [1.165, 1.54) is 0 Å². The summed E-state index contributed by atoms with van der Waals surface area (Å²) >= 11 is 0. The molecule has 5 aromatic rings. The van der Waals surface area contributed by atoms with Gasteiger partial charge in [-0.25, -0.2) is 9.97 Å². The van der Waals surface area contributed by atoms with Gasteiger partial charge in [0.2, 0.25) is 5.88 Å². The van der Waals surface area contributed by atoms with E-state index in [4.69, 9.17) is 9.47 Å².